The first-order chi connectivity index (χ1) is 5.69. The average molecular weight is 162 g/mol. The van der Waals surface area contributed by atoms with Crippen LogP contribution in [0, 0.1) is 18.3 Å². The van der Waals surface area contributed by atoms with Gasteiger partial charge in [0.25, 0.3) is 0 Å². The maximum absolute atomic E-state index is 8.70. The van der Waals surface area contributed by atoms with Crippen molar-refractivity contribution >= 4 is 5.69 Å². The molecule has 3 nitrogen and oxygen atoms in total. The van der Waals surface area contributed by atoms with Crippen molar-refractivity contribution in [2.45, 2.75) is 6.92 Å². The Bertz CT molecular complexity index is 339. The first-order valence-corrected chi connectivity index (χ1v) is 3.53. The molecular weight excluding hydrogens is 152 g/mol. The Balaban J connectivity index is 3.34. The summed E-state index contributed by atoms with van der Waals surface area (Å²) in [5, 5.41) is 8.70. The monoisotopic (exact) mass is 162 g/mol. The van der Waals surface area contributed by atoms with Crippen LogP contribution in [0.3, 0.4) is 0 Å². The molecule has 0 heterocycles. The molecule has 62 valence electrons. The molecule has 12 heavy (non-hydrogen) atoms. The predicted molar refractivity (Wildman–Crippen MR) is 46.9 cm³/mol. The van der Waals surface area contributed by atoms with Crippen molar-refractivity contribution in [2.75, 3.05) is 12.8 Å². The molecule has 0 atom stereocenters. The zero-order valence-electron chi connectivity index (χ0n) is 7.09. The minimum Gasteiger partial charge on any atom is -0.496 e. The van der Waals surface area contributed by atoms with Crippen molar-refractivity contribution in [3.8, 4) is 11.8 Å². The van der Waals surface area contributed by atoms with Crippen LogP contribution in [0.2, 0.25) is 0 Å². The predicted octanol–water partition coefficient (Wildman–Crippen LogP) is 1.46. The molecule has 0 unspecified atom stereocenters. The second-order valence-corrected chi connectivity index (χ2v) is 2.51. The van der Waals surface area contributed by atoms with Gasteiger partial charge in [-0.15, -0.1) is 0 Å². The second kappa shape index (κ2) is 3.14. The van der Waals surface area contributed by atoms with Gasteiger partial charge in [0.15, 0.2) is 0 Å². The smallest absolute Gasteiger partial charge is 0.125 e. The van der Waals surface area contributed by atoms with Gasteiger partial charge in [0.2, 0.25) is 0 Å². The molecular formula is C9H10N2O. The van der Waals surface area contributed by atoms with Gasteiger partial charge in [-0.3, -0.25) is 0 Å². The molecule has 0 spiro atoms. The summed E-state index contributed by atoms with van der Waals surface area (Å²) < 4.78 is 5.04. The molecule has 0 aliphatic rings. The molecule has 0 fully saturated rings. The Kier molecular flexibility index (Phi) is 2.20. The van der Waals surface area contributed by atoms with E-state index in [1.54, 1.807) is 19.2 Å². The SMILES string of the molecule is COc1cc(N)cc(C#N)c1C. The van der Waals surface area contributed by atoms with E-state index in [4.69, 9.17) is 15.7 Å². The van der Waals surface area contributed by atoms with Gasteiger partial charge in [-0.25, -0.2) is 0 Å². The summed E-state index contributed by atoms with van der Waals surface area (Å²) in [4.78, 5) is 0. The van der Waals surface area contributed by atoms with Gasteiger partial charge in [-0.1, -0.05) is 0 Å². The second-order valence-electron chi connectivity index (χ2n) is 2.51. The molecule has 0 bridgehead atoms. The molecule has 0 saturated carbocycles. The third kappa shape index (κ3) is 1.32. The summed E-state index contributed by atoms with van der Waals surface area (Å²) in [6.07, 6.45) is 0. The van der Waals surface area contributed by atoms with E-state index >= 15 is 0 Å². The molecule has 1 aromatic rings. The fraction of sp³-hybridized carbons (Fsp3) is 0.222. The number of benzene rings is 1. The molecule has 3 heteroatoms. The molecule has 1 rings (SSSR count). The molecule has 0 saturated heterocycles. The van der Waals surface area contributed by atoms with Crippen molar-refractivity contribution in [2.24, 2.45) is 0 Å². The highest BCUT2D eigenvalue weighted by Crippen LogP contribution is 2.24. The number of nitriles is 1. The van der Waals surface area contributed by atoms with E-state index in [-0.39, 0.29) is 0 Å². The van der Waals surface area contributed by atoms with E-state index in [0.29, 0.717) is 17.0 Å². The highest BCUT2D eigenvalue weighted by Gasteiger charge is 2.04. The first kappa shape index (κ1) is 8.41. The lowest BCUT2D eigenvalue weighted by atomic mass is 10.1. The Morgan fingerprint density at radius 3 is 2.67 bits per heavy atom. The van der Waals surface area contributed by atoms with Gasteiger partial charge in [0.1, 0.15) is 5.75 Å². The zero-order valence-corrected chi connectivity index (χ0v) is 7.09. The van der Waals surface area contributed by atoms with Gasteiger partial charge < -0.3 is 10.5 Å². The van der Waals surface area contributed by atoms with E-state index < -0.39 is 0 Å². The summed E-state index contributed by atoms with van der Waals surface area (Å²) in [5.74, 6) is 0.659. The summed E-state index contributed by atoms with van der Waals surface area (Å²) in [7, 11) is 1.56. The summed E-state index contributed by atoms with van der Waals surface area (Å²) in [6.45, 7) is 1.83. The highest BCUT2D eigenvalue weighted by atomic mass is 16.5. The minimum atomic E-state index is 0.550. The van der Waals surface area contributed by atoms with Gasteiger partial charge in [-0.2, -0.15) is 5.26 Å². The molecule has 0 aromatic heterocycles. The van der Waals surface area contributed by atoms with Gasteiger partial charge in [0.05, 0.1) is 18.7 Å². The quantitative estimate of drug-likeness (QED) is 0.636. The number of ether oxygens (including phenoxy) is 1. The summed E-state index contributed by atoms with van der Waals surface area (Å²) >= 11 is 0. The average Bonchev–Trinajstić information content (AvgIpc) is 2.08. The highest BCUT2D eigenvalue weighted by molar-refractivity contribution is 5.56. The van der Waals surface area contributed by atoms with Gasteiger partial charge >= 0.3 is 0 Å². The third-order valence-corrected chi connectivity index (χ3v) is 1.72. The fourth-order valence-corrected chi connectivity index (χ4v) is 1.04. The first-order valence-electron chi connectivity index (χ1n) is 3.53. The number of methoxy groups -OCH3 is 1. The topological polar surface area (TPSA) is 59.0 Å². The van der Waals surface area contributed by atoms with Crippen molar-refractivity contribution in [1.82, 2.24) is 0 Å². The van der Waals surface area contributed by atoms with Crippen LogP contribution in [0.25, 0.3) is 0 Å². The van der Waals surface area contributed by atoms with Crippen LogP contribution in [0.15, 0.2) is 12.1 Å². The largest absolute Gasteiger partial charge is 0.496 e. The van der Waals surface area contributed by atoms with Crippen LogP contribution in [0.5, 0.6) is 5.75 Å². The van der Waals surface area contributed by atoms with E-state index in [1.807, 2.05) is 6.92 Å². The summed E-state index contributed by atoms with van der Waals surface area (Å²) in [6, 6.07) is 5.39. The Hall–Kier alpha value is -1.69. The third-order valence-electron chi connectivity index (χ3n) is 1.72. The maximum atomic E-state index is 8.70. The fourth-order valence-electron chi connectivity index (χ4n) is 1.04. The number of rotatable bonds is 1. The Morgan fingerprint density at radius 2 is 2.17 bits per heavy atom. The number of hydrogen-bond donors (Lipinski definition) is 1. The van der Waals surface area contributed by atoms with Crippen molar-refractivity contribution < 1.29 is 4.74 Å². The van der Waals surface area contributed by atoms with Gasteiger partial charge in [0, 0.05) is 17.3 Å². The van der Waals surface area contributed by atoms with Crippen LogP contribution in [0.1, 0.15) is 11.1 Å². The lowest BCUT2D eigenvalue weighted by molar-refractivity contribution is 0.412. The molecule has 0 amide bonds. The van der Waals surface area contributed by atoms with Crippen molar-refractivity contribution in [1.29, 1.82) is 5.26 Å². The van der Waals surface area contributed by atoms with Crippen LogP contribution in [0.4, 0.5) is 5.69 Å². The van der Waals surface area contributed by atoms with Crippen LogP contribution < -0.4 is 10.5 Å². The standard InChI is InChI=1S/C9H10N2O/c1-6-7(5-10)3-8(11)4-9(6)12-2/h3-4H,11H2,1-2H3. The number of anilines is 1. The van der Waals surface area contributed by atoms with E-state index in [0.717, 1.165) is 5.56 Å². The Morgan fingerprint density at radius 1 is 1.50 bits per heavy atom. The van der Waals surface area contributed by atoms with Crippen molar-refractivity contribution in [3.63, 3.8) is 0 Å². The summed E-state index contributed by atoms with van der Waals surface area (Å²) in [5.41, 5.74) is 7.49. The lowest BCUT2D eigenvalue weighted by Crippen LogP contribution is -1.94. The molecule has 0 radical (unpaired) electrons. The number of nitrogen functional groups attached to an aromatic ring is 1. The molecule has 1 aromatic carbocycles. The zero-order chi connectivity index (χ0) is 9.14. The molecule has 2 N–H and O–H groups in total. The van der Waals surface area contributed by atoms with E-state index in [1.165, 1.54) is 0 Å². The number of nitrogens with zero attached hydrogens (tertiary/aromatic N) is 1. The van der Waals surface area contributed by atoms with Gasteiger partial charge in [-0.05, 0) is 13.0 Å². The van der Waals surface area contributed by atoms with Crippen molar-refractivity contribution in [3.05, 3.63) is 23.3 Å². The minimum absolute atomic E-state index is 0.550. The maximum Gasteiger partial charge on any atom is 0.125 e. The van der Waals surface area contributed by atoms with E-state index in [2.05, 4.69) is 6.07 Å². The lowest BCUT2D eigenvalue weighted by Gasteiger charge is -2.06. The van der Waals surface area contributed by atoms with Crippen LogP contribution in [-0.2, 0) is 0 Å². The van der Waals surface area contributed by atoms with Crippen LogP contribution >= 0.6 is 0 Å². The van der Waals surface area contributed by atoms with E-state index in [9.17, 15) is 0 Å². The normalized spacial score (nSPS) is 9.08. The van der Waals surface area contributed by atoms with Crippen LogP contribution in [-0.4, -0.2) is 7.11 Å². The number of nitrogens with two attached hydrogens (primary N) is 1. The number of hydrogen-bond acceptors (Lipinski definition) is 3. The molecule has 0 aliphatic carbocycles. The Labute approximate surface area is 71.4 Å². The molecule has 0 aliphatic heterocycles.